The molecule has 1 amide bonds. The monoisotopic (exact) mass is 294 g/mol. The number of thiophene rings is 1. The summed E-state index contributed by atoms with van der Waals surface area (Å²) in [4.78, 5) is 14.2. The normalized spacial score (nSPS) is 19.7. The van der Waals surface area contributed by atoms with Crippen LogP contribution in [0.4, 0.5) is 5.13 Å². The number of hydrogen-bond donors (Lipinski definition) is 1. The van der Waals surface area contributed by atoms with E-state index in [4.69, 9.17) is 0 Å². The van der Waals surface area contributed by atoms with Crippen LogP contribution < -0.4 is 5.32 Å². The van der Waals surface area contributed by atoms with E-state index >= 15 is 0 Å². The lowest BCUT2D eigenvalue weighted by Crippen LogP contribution is -2.32. The molecule has 19 heavy (non-hydrogen) atoms. The van der Waals surface area contributed by atoms with Crippen molar-refractivity contribution < 1.29 is 4.79 Å². The van der Waals surface area contributed by atoms with Gasteiger partial charge >= 0.3 is 0 Å². The molecule has 0 aromatic carbocycles. The molecule has 0 saturated carbocycles. The molecule has 0 radical (unpaired) electrons. The third-order valence-electron chi connectivity index (χ3n) is 3.24. The average molecular weight is 294 g/mol. The Kier molecular flexibility index (Phi) is 3.86. The number of carbonyl (C=O) groups excluding carboxylic acids is 1. The van der Waals surface area contributed by atoms with E-state index in [1.54, 1.807) is 16.8 Å². The first-order chi connectivity index (χ1) is 9.33. The maximum absolute atomic E-state index is 12.0. The van der Waals surface area contributed by atoms with E-state index in [1.165, 1.54) is 16.9 Å². The quantitative estimate of drug-likeness (QED) is 0.940. The minimum atomic E-state index is -0.0149. The number of nitrogens with zero attached hydrogens (tertiary/aromatic N) is 3. The van der Waals surface area contributed by atoms with Crippen LogP contribution >= 0.6 is 22.7 Å². The van der Waals surface area contributed by atoms with Crippen LogP contribution in [0.15, 0.2) is 22.3 Å². The van der Waals surface area contributed by atoms with Gasteiger partial charge in [-0.3, -0.25) is 15.0 Å². The lowest BCUT2D eigenvalue weighted by Gasteiger charge is -2.22. The summed E-state index contributed by atoms with van der Waals surface area (Å²) in [7, 11) is 0. The van der Waals surface area contributed by atoms with Gasteiger partial charge in [0.05, 0.1) is 6.54 Å². The van der Waals surface area contributed by atoms with Gasteiger partial charge in [-0.15, -0.1) is 10.2 Å². The van der Waals surface area contributed by atoms with Crippen LogP contribution in [0, 0.1) is 0 Å². The standard InChI is InChI=1S/C12H14N4OS2/c17-11(14-12-15-13-8-19-12)6-16-4-1-2-10(16)9-3-5-18-7-9/h3,5,7-8,10H,1-2,4,6H2,(H,14,15,17)/t10-/m1/s1. The highest BCUT2D eigenvalue weighted by atomic mass is 32.1. The summed E-state index contributed by atoms with van der Waals surface area (Å²) in [6, 6.07) is 2.53. The van der Waals surface area contributed by atoms with E-state index in [-0.39, 0.29) is 5.91 Å². The molecule has 5 nitrogen and oxygen atoms in total. The molecule has 1 N–H and O–H groups in total. The van der Waals surface area contributed by atoms with Crippen LogP contribution in [0.25, 0.3) is 0 Å². The first-order valence-corrected chi connectivity index (χ1v) is 7.97. The number of likely N-dealkylation sites (tertiary alicyclic amines) is 1. The highest BCUT2D eigenvalue weighted by molar-refractivity contribution is 7.13. The molecule has 0 unspecified atom stereocenters. The number of nitrogens with one attached hydrogen (secondary N) is 1. The van der Waals surface area contributed by atoms with Crippen molar-refractivity contribution in [2.45, 2.75) is 18.9 Å². The van der Waals surface area contributed by atoms with Gasteiger partial charge < -0.3 is 0 Å². The fourth-order valence-corrected chi connectivity index (χ4v) is 3.60. The van der Waals surface area contributed by atoms with Crippen molar-refractivity contribution in [3.63, 3.8) is 0 Å². The van der Waals surface area contributed by atoms with Crippen LogP contribution in [0.2, 0.25) is 0 Å². The van der Waals surface area contributed by atoms with Gasteiger partial charge in [-0.2, -0.15) is 11.3 Å². The van der Waals surface area contributed by atoms with E-state index in [2.05, 4.69) is 37.2 Å². The predicted molar refractivity (Wildman–Crippen MR) is 76.4 cm³/mol. The number of amides is 1. The Morgan fingerprint density at radius 3 is 3.26 bits per heavy atom. The molecule has 0 spiro atoms. The van der Waals surface area contributed by atoms with Crippen molar-refractivity contribution in [1.29, 1.82) is 0 Å². The van der Waals surface area contributed by atoms with Crippen molar-refractivity contribution in [3.05, 3.63) is 27.9 Å². The van der Waals surface area contributed by atoms with Gasteiger partial charge in [-0.25, -0.2) is 0 Å². The van der Waals surface area contributed by atoms with E-state index in [0.29, 0.717) is 17.7 Å². The van der Waals surface area contributed by atoms with Gasteiger partial charge in [0, 0.05) is 6.04 Å². The minimum absolute atomic E-state index is 0.0149. The van der Waals surface area contributed by atoms with Gasteiger partial charge in [0.15, 0.2) is 0 Å². The Labute approximate surface area is 119 Å². The van der Waals surface area contributed by atoms with Crippen molar-refractivity contribution >= 4 is 33.7 Å². The van der Waals surface area contributed by atoms with E-state index in [1.807, 2.05) is 0 Å². The molecule has 2 aromatic heterocycles. The predicted octanol–water partition coefficient (Wildman–Crippen LogP) is 2.38. The van der Waals surface area contributed by atoms with Gasteiger partial charge in [0.1, 0.15) is 5.51 Å². The third kappa shape index (κ3) is 2.99. The highest BCUT2D eigenvalue weighted by Gasteiger charge is 2.27. The van der Waals surface area contributed by atoms with Gasteiger partial charge in [0.25, 0.3) is 0 Å². The Balaban J connectivity index is 1.61. The Bertz CT molecular complexity index is 526. The first kappa shape index (κ1) is 12.7. The lowest BCUT2D eigenvalue weighted by molar-refractivity contribution is -0.117. The number of carbonyl (C=O) groups is 1. The smallest absolute Gasteiger partial charge is 0.240 e. The van der Waals surface area contributed by atoms with E-state index in [9.17, 15) is 4.79 Å². The van der Waals surface area contributed by atoms with Crippen molar-refractivity contribution in [3.8, 4) is 0 Å². The highest BCUT2D eigenvalue weighted by Crippen LogP contribution is 2.32. The Hall–Kier alpha value is -1.31. The summed E-state index contributed by atoms with van der Waals surface area (Å²) in [5.74, 6) is -0.0149. The molecule has 1 fully saturated rings. The summed E-state index contributed by atoms with van der Waals surface area (Å²) in [6.07, 6.45) is 2.27. The van der Waals surface area contributed by atoms with Crippen molar-refractivity contribution in [2.24, 2.45) is 0 Å². The first-order valence-electron chi connectivity index (χ1n) is 6.15. The molecule has 100 valence electrons. The largest absolute Gasteiger partial charge is 0.299 e. The van der Waals surface area contributed by atoms with Crippen molar-refractivity contribution in [1.82, 2.24) is 15.1 Å². The lowest BCUT2D eigenvalue weighted by atomic mass is 10.1. The zero-order valence-corrected chi connectivity index (χ0v) is 11.9. The second-order valence-corrected chi connectivity index (χ2v) is 6.09. The van der Waals surface area contributed by atoms with Crippen molar-refractivity contribution in [2.75, 3.05) is 18.4 Å². The van der Waals surface area contributed by atoms with Crippen LogP contribution in [0.3, 0.4) is 0 Å². The molecule has 1 atom stereocenters. The average Bonchev–Trinajstić information content (AvgIpc) is 3.09. The maximum Gasteiger partial charge on any atom is 0.240 e. The third-order valence-corrected chi connectivity index (χ3v) is 4.55. The zero-order valence-electron chi connectivity index (χ0n) is 10.3. The molecule has 7 heteroatoms. The summed E-state index contributed by atoms with van der Waals surface area (Å²) in [6.45, 7) is 1.39. The molecule has 1 aliphatic rings. The fraction of sp³-hybridized carbons (Fsp3) is 0.417. The summed E-state index contributed by atoms with van der Waals surface area (Å²) in [5.41, 5.74) is 2.94. The van der Waals surface area contributed by atoms with Gasteiger partial charge in [-0.1, -0.05) is 11.3 Å². The summed E-state index contributed by atoms with van der Waals surface area (Å²) >= 11 is 3.04. The topological polar surface area (TPSA) is 58.1 Å². The SMILES string of the molecule is O=C(CN1CCC[C@@H]1c1ccsc1)Nc1nncs1. The maximum atomic E-state index is 12.0. The minimum Gasteiger partial charge on any atom is -0.299 e. The molecular weight excluding hydrogens is 280 g/mol. The van der Waals surface area contributed by atoms with Gasteiger partial charge in [-0.05, 0) is 41.8 Å². The molecule has 3 heterocycles. The van der Waals surface area contributed by atoms with E-state index < -0.39 is 0 Å². The molecule has 2 aromatic rings. The van der Waals surface area contributed by atoms with Crippen LogP contribution in [0.1, 0.15) is 24.4 Å². The molecule has 0 aliphatic carbocycles. The Morgan fingerprint density at radius 1 is 1.58 bits per heavy atom. The van der Waals surface area contributed by atoms with Crippen LogP contribution in [0.5, 0.6) is 0 Å². The molecule has 1 saturated heterocycles. The Morgan fingerprint density at radius 2 is 2.53 bits per heavy atom. The number of anilines is 1. The van der Waals surface area contributed by atoms with E-state index in [0.717, 1.165) is 19.4 Å². The molecule has 3 rings (SSSR count). The summed E-state index contributed by atoms with van der Waals surface area (Å²) in [5, 5.41) is 15.1. The second kappa shape index (κ2) is 5.77. The second-order valence-electron chi connectivity index (χ2n) is 4.48. The molecular formula is C12H14N4OS2. The zero-order chi connectivity index (χ0) is 13.1. The number of rotatable bonds is 4. The fourth-order valence-electron chi connectivity index (χ4n) is 2.43. The molecule has 0 bridgehead atoms. The van der Waals surface area contributed by atoms with Gasteiger partial charge in [0.2, 0.25) is 11.0 Å². The van der Waals surface area contributed by atoms with Crippen LogP contribution in [-0.4, -0.2) is 34.1 Å². The summed E-state index contributed by atoms with van der Waals surface area (Å²) < 4.78 is 0. The van der Waals surface area contributed by atoms with Crippen LogP contribution in [-0.2, 0) is 4.79 Å². The number of hydrogen-bond acceptors (Lipinski definition) is 6. The number of aromatic nitrogens is 2. The molecule has 1 aliphatic heterocycles.